The van der Waals surface area contributed by atoms with Gasteiger partial charge in [0, 0.05) is 13.6 Å². The smallest absolute Gasteiger partial charge is 0.339 e. The van der Waals surface area contributed by atoms with Crippen LogP contribution in [0, 0.1) is 0 Å². The van der Waals surface area contributed by atoms with Crippen molar-refractivity contribution in [1.29, 1.82) is 0 Å². The molecule has 0 saturated heterocycles. The summed E-state index contributed by atoms with van der Waals surface area (Å²) in [5.41, 5.74) is -0.0297. The molecule has 0 aromatic carbocycles. The third-order valence-electron chi connectivity index (χ3n) is 2.26. The zero-order valence-electron chi connectivity index (χ0n) is 9.33. The predicted octanol–water partition coefficient (Wildman–Crippen LogP) is 1.11. The molecular formula is C9H11F4N3O2. The van der Waals surface area contributed by atoms with E-state index >= 15 is 0 Å². The molecule has 2 N–H and O–H groups in total. The standard InChI is InChI=1S/C9H11F4N3O2/c1-16-6(5(2-15-16)7(17)18)3-14-4-9(12,13)8(10)11/h2,8,14H,3-4H2,1H3,(H,17,18). The van der Waals surface area contributed by atoms with Gasteiger partial charge >= 0.3 is 18.3 Å². The van der Waals surface area contributed by atoms with Crippen LogP contribution in [0.5, 0.6) is 0 Å². The number of nitrogens with one attached hydrogen (secondary N) is 1. The summed E-state index contributed by atoms with van der Waals surface area (Å²) in [4.78, 5) is 10.8. The molecule has 5 nitrogen and oxygen atoms in total. The van der Waals surface area contributed by atoms with Crippen molar-refractivity contribution in [1.82, 2.24) is 15.1 Å². The Morgan fingerprint density at radius 1 is 1.61 bits per heavy atom. The van der Waals surface area contributed by atoms with E-state index in [0.29, 0.717) is 0 Å². The second-order valence-electron chi connectivity index (χ2n) is 3.60. The molecule has 0 radical (unpaired) electrons. The van der Waals surface area contributed by atoms with E-state index in [4.69, 9.17) is 5.11 Å². The topological polar surface area (TPSA) is 67.2 Å². The van der Waals surface area contributed by atoms with Crippen LogP contribution >= 0.6 is 0 Å². The molecule has 0 unspecified atom stereocenters. The van der Waals surface area contributed by atoms with Gasteiger partial charge in [0.2, 0.25) is 0 Å². The Hall–Kier alpha value is -1.64. The SMILES string of the molecule is Cn1ncc(C(=O)O)c1CNCC(F)(F)C(F)F. The first-order chi connectivity index (χ1) is 8.25. The Bertz CT molecular complexity index is 433. The lowest BCUT2D eigenvalue weighted by molar-refractivity contribution is -0.125. The van der Waals surface area contributed by atoms with Crippen LogP contribution in [-0.4, -0.2) is 39.7 Å². The predicted molar refractivity (Wildman–Crippen MR) is 52.8 cm³/mol. The molecule has 1 aromatic rings. The fourth-order valence-corrected chi connectivity index (χ4v) is 1.28. The third kappa shape index (κ3) is 3.19. The van der Waals surface area contributed by atoms with Crippen molar-refractivity contribution in [3.05, 3.63) is 17.5 Å². The van der Waals surface area contributed by atoms with Crippen molar-refractivity contribution < 1.29 is 27.5 Å². The quantitative estimate of drug-likeness (QED) is 0.759. The molecule has 0 amide bonds. The van der Waals surface area contributed by atoms with Crippen LogP contribution in [0.2, 0.25) is 0 Å². The van der Waals surface area contributed by atoms with Crippen LogP contribution in [0.3, 0.4) is 0 Å². The van der Waals surface area contributed by atoms with Crippen LogP contribution in [0.25, 0.3) is 0 Å². The highest BCUT2D eigenvalue weighted by Crippen LogP contribution is 2.21. The number of nitrogens with zero attached hydrogens (tertiary/aromatic N) is 2. The van der Waals surface area contributed by atoms with Crippen LogP contribution in [0.1, 0.15) is 16.1 Å². The second kappa shape index (κ2) is 5.34. The Morgan fingerprint density at radius 2 is 2.22 bits per heavy atom. The first kappa shape index (κ1) is 14.4. The van der Waals surface area contributed by atoms with Gasteiger partial charge in [0.05, 0.1) is 18.4 Å². The third-order valence-corrected chi connectivity index (χ3v) is 2.26. The average molecular weight is 269 g/mol. The van der Waals surface area contributed by atoms with E-state index in [-0.39, 0.29) is 17.8 Å². The normalized spacial score (nSPS) is 12.1. The van der Waals surface area contributed by atoms with Gasteiger partial charge in [-0.3, -0.25) is 4.68 Å². The first-order valence-electron chi connectivity index (χ1n) is 4.86. The molecule has 0 bridgehead atoms. The maximum atomic E-state index is 12.6. The van der Waals surface area contributed by atoms with Crippen molar-refractivity contribution in [3.63, 3.8) is 0 Å². The maximum absolute atomic E-state index is 12.6. The molecule has 0 aliphatic rings. The van der Waals surface area contributed by atoms with Gasteiger partial charge in [-0.25, -0.2) is 13.6 Å². The van der Waals surface area contributed by atoms with E-state index in [1.165, 1.54) is 11.7 Å². The highest BCUT2D eigenvalue weighted by Gasteiger charge is 2.40. The Kier molecular flexibility index (Phi) is 4.28. The van der Waals surface area contributed by atoms with Crippen LogP contribution < -0.4 is 5.32 Å². The number of hydrogen-bond donors (Lipinski definition) is 2. The summed E-state index contributed by atoms with van der Waals surface area (Å²) >= 11 is 0. The number of carboxylic acid groups (broad SMARTS) is 1. The van der Waals surface area contributed by atoms with E-state index in [2.05, 4.69) is 10.4 Å². The first-order valence-corrected chi connectivity index (χ1v) is 4.86. The number of aromatic nitrogens is 2. The summed E-state index contributed by atoms with van der Waals surface area (Å²) in [7, 11) is 1.43. The van der Waals surface area contributed by atoms with E-state index < -0.39 is 24.9 Å². The molecule has 9 heteroatoms. The highest BCUT2D eigenvalue weighted by molar-refractivity contribution is 5.88. The van der Waals surface area contributed by atoms with Gasteiger partial charge in [-0.1, -0.05) is 0 Å². The lowest BCUT2D eigenvalue weighted by Crippen LogP contribution is -2.39. The summed E-state index contributed by atoms with van der Waals surface area (Å²) < 4.78 is 50.1. The minimum atomic E-state index is -4.15. The fraction of sp³-hybridized carbons (Fsp3) is 0.556. The van der Waals surface area contributed by atoms with Crippen molar-refractivity contribution in [2.45, 2.75) is 18.9 Å². The molecule has 18 heavy (non-hydrogen) atoms. The minimum absolute atomic E-state index is 0.132. The molecule has 0 aliphatic carbocycles. The van der Waals surface area contributed by atoms with E-state index in [1.807, 2.05) is 0 Å². The lowest BCUT2D eigenvalue weighted by atomic mass is 10.2. The number of rotatable bonds is 6. The summed E-state index contributed by atoms with van der Waals surface area (Å²) in [6, 6.07) is 0. The summed E-state index contributed by atoms with van der Waals surface area (Å²) in [5.74, 6) is -5.41. The Labute approximate surface area is 99.4 Å². The molecule has 1 aromatic heterocycles. The Balaban J connectivity index is 2.65. The van der Waals surface area contributed by atoms with Crippen molar-refractivity contribution in [2.24, 2.45) is 7.05 Å². The fourth-order valence-electron chi connectivity index (χ4n) is 1.28. The van der Waals surface area contributed by atoms with Gasteiger partial charge in [-0.2, -0.15) is 13.9 Å². The zero-order valence-corrected chi connectivity index (χ0v) is 9.33. The highest BCUT2D eigenvalue weighted by atomic mass is 19.3. The number of alkyl halides is 4. The summed E-state index contributed by atoms with van der Waals surface area (Å²) in [6.07, 6.45) is -2.71. The van der Waals surface area contributed by atoms with Crippen LogP contribution in [0.4, 0.5) is 17.6 Å². The number of carboxylic acids is 1. The maximum Gasteiger partial charge on any atom is 0.339 e. The number of aromatic carboxylic acids is 1. The molecule has 0 aliphatic heterocycles. The average Bonchev–Trinajstić information content (AvgIpc) is 2.60. The van der Waals surface area contributed by atoms with Gasteiger partial charge in [0.15, 0.2) is 0 Å². The molecule has 0 saturated carbocycles. The lowest BCUT2D eigenvalue weighted by Gasteiger charge is -2.15. The van der Waals surface area contributed by atoms with Gasteiger partial charge in [0.25, 0.3) is 0 Å². The minimum Gasteiger partial charge on any atom is -0.478 e. The summed E-state index contributed by atoms with van der Waals surface area (Å²) in [6.45, 7) is -1.53. The van der Waals surface area contributed by atoms with E-state index in [1.54, 1.807) is 0 Å². The molecule has 1 rings (SSSR count). The molecule has 0 spiro atoms. The molecule has 102 valence electrons. The van der Waals surface area contributed by atoms with Crippen molar-refractivity contribution in [2.75, 3.05) is 6.54 Å². The molecular weight excluding hydrogens is 258 g/mol. The second-order valence-corrected chi connectivity index (χ2v) is 3.60. The Morgan fingerprint density at radius 3 is 2.72 bits per heavy atom. The number of hydrogen-bond acceptors (Lipinski definition) is 3. The zero-order chi connectivity index (χ0) is 13.9. The van der Waals surface area contributed by atoms with Crippen molar-refractivity contribution >= 4 is 5.97 Å². The van der Waals surface area contributed by atoms with Gasteiger partial charge in [-0.15, -0.1) is 0 Å². The summed E-state index contributed by atoms with van der Waals surface area (Å²) in [5, 5.41) is 14.5. The van der Waals surface area contributed by atoms with Crippen LogP contribution in [0.15, 0.2) is 6.20 Å². The number of halogens is 4. The van der Waals surface area contributed by atoms with Crippen LogP contribution in [-0.2, 0) is 13.6 Å². The van der Waals surface area contributed by atoms with Gasteiger partial charge in [0.1, 0.15) is 5.56 Å². The van der Waals surface area contributed by atoms with E-state index in [9.17, 15) is 22.4 Å². The largest absolute Gasteiger partial charge is 0.478 e. The molecule has 0 fully saturated rings. The number of aryl methyl sites for hydroxylation is 1. The monoisotopic (exact) mass is 269 g/mol. The molecule has 1 heterocycles. The van der Waals surface area contributed by atoms with E-state index in [0.717, 1.165) is 6.20 Å². The van der Waals surface area contributed by atoms with Gasteiger partial charge < -0.3 is 10.4 Å². The molecule has 0 atom stereocenters. The van der Waals surface area contributed by atoms with Gasteiger partial charge in [-0.05, 0) is 0 Å². The number of carbonyl (C=O) groups is 1. The van der Waals surface area contributed by atoms with Crippen molar-refractivity contribution in [3.8, 4) is 0 Å².